The molecule has 31 heavy (non-hydrogen) atoms. The van der Waals surface area contributed by atoms with Crippen LogP contribution in [0.4, 0.5) is 10.5 Å². The fraction of sp³-hybridized carbons (Fsp3) is 0.158. The first-order chi connectivity index (χ1) is 14.6. The van der Waals surface area contributed by atoms with Crippen molar-refractivity contribution in [3.05, 3.63) is 68.6 Å². The monoisotopic (exact) mass is 464 g/mol. The second-order valence-electron chi connectivity index (χ2n) is 6.50. The van der Waals surface area contributed by atoms with Crippen molar-refractivity contribution in [3.63, 3.8) is 0 Å². The molecule has 0 atom stereocenters. The predicted octanol–water partition coefficient (Wildman–Crippen LogP) is 1.95. The predicted molar refractivity (Wildman–Crippen MR) is 113 cm³/mol. The number of quaternary nitrogens is 1. The highest BCUT2D eigenvalue weighted by Crippen LogP contribution is 2.32. The van der Waals surface area contributed by atoms with Gasteiger partial charge in [-0.25, -0.2) is 0 Å². The van der Waals surface area contributed by atoms with E-state index >= 15 is 0 Å². The van der Waals surface area contributed by atoms with Crippen molar-refractivity contribution < 1.29 is 32.8 Å². The van der Waals surface area contributed by atoms with Crippen LogP contribution in [0, 0.1) is 17.0 Å². The number of thioether (sulfide) groups is 1. The summed E-state index contributed by atoms with van der Waals surface area (Å²) in [7, 11) is -4.30. The molecule has 0 radical (unpaired) electrons. The average molecular weight is 465 g/mol. The Balaban J connectivity index is 1.80. The van der Waals surface area contributed by atoms with Crippen LogP contribution in [-0.4, -0.2) is 42.5 Å². The molecule has 0 saturated carbocycles. The number of hydrogen-bond donors (Lipinski definition) is 1. The smallest absolute Gasteiger partial charge is 0.339 e. The molecular formula is C19H18N3O7S2+. The molecule has 3 N–H and O–H groups in total. The zero-order valence-electron chi connectivity index (χ0n) is 16.3. The van der Waals surface area contributed by atoms with Gasteiger partial charge in [-0.15, -0.1) is 0 Å². The van der Waals surface area contributed by atoms with Crippen molar-refractivity contribution in [2.45, 2.75) is 11.8 Å². The van der Waals surface area contributed by atoms with Crippen molar-refractivity contribution in [2.24, 2.45) is 0 Å². The summed E-state index contributed by atoms with van der Waals surface area (Å²) in [4.78, 5) is 35.5. The number of benzene rings is 2. The van der Waals surface area contributed by atoms with E-state index in [1.54, 1.807) is 0 Å². The summed E-state index contributed by atoms with van der Waals surface area (Å²) in [6.45, 7) is 2.16. The van der Waals surface area contributed by atoms with E-state index in [0.29, 0.717) is 17.7 Å². The van der Waals surface area contributed by atoms with Crippen LogP contribution in [0.1, 0.15) is 11.1 Å². The van der Waals surface area contributed by atoms with E-state index in [-0.39, 0.29) is 33.0 Å². The minimum atomic E-state index is -4.30. The summed E-state index contributed by atoms with van der Waals surface area (Å²) >= 11 is 0.822. The lowest BCUT2D eigenvalue weighted by Crippen LogP contribution is -2.55. The van der Waals surface area contributed by atoms with Gasteiger partial charge in [-0.05, 0) is 48.0 Å². The van der Waals surface area contributed by atoms with Gasteiger partial charge in [0.05, 0.1) is 22.9 Å². The van der Waals surface area contributed by atoms with Crippen LogP contribution in [0.3, 0.4) is 0 Å². The zero-order valence-corrected chi connectivity index (χ0v) is 17.9. The zero-order chi connectivity index (χ0) is 22.8. The Hall–Kier alpha value is -3.22. The van der Waals surface area contributed by atoms with Gasteiger partial charge in [0.2, 0.25) is 0 Å². The van der Waals surface area contributed by atoms with Gasteiger partial charge >= 0.3 is 10.1 Å². The fourth-order valence-electron chi connectivity index (χ4n) is 2.77. The molecule has 1 aliphatic heterocycles. The number of rotatable bonds is 7. The number of nitro groups is 1. The van der Waals surface area contributed by atoms with Gasteiger partial charge in [0.25, 0.3) is 16.8 Å². The molecule has 162 valence electrons. The Bertz CT molecular complexity index is 1190. The molecule has 1 fully saturated rings. The summed E-state index contributed by atoms with van der Waals surface area (Å²) in [5.74, 6) is -0.407. The Labute approximate surface area is 181 Å². The normalized spacial score (nSPS) is 15.5. The van der Waals surface area contributed by atoms with Crippen LogP contribution >= 0.6 is 11.8 Å². The molecule has 0 spiro atoms. The molecule has 1 heterocycles. The maximum atomic E-state index is 12.6. The molecule has 3 rings (SSSR count). The summed E-state index contributed by atoms with van der Waals surface area (Å²) in [6, 6.07) is 9.31. The van der Waals surface area contributed by atoms with E-state index in [9.17, 15) is 28.1 Å². The molecule has 1 aliphatic rings. The largest absolute Gasteiger partial charge is 0.379 e. The molecule has 0 unspecified atom stereocenters. The van der Waals surface area contributed by atoms with Crippen LogP contribution < -0.4 is 9.92 Å². The Morgan fingerprint density at radius 2 is 1.87 bits per heavy atom. The summed E-state index contributed by atoms with van der Waals surface area (Å²) in [6.07, 6.45) is 1.52. The number of amides is 2. The highest BCUT2D eigenvalue weighted by molar-refractivity contribution is 8.18. The first kappa shape index (κ1) is 22.5. The molecule has 0 aliphatic carbocycles. The van der Waals surface area contributed by atoms with Crippen molar-refractivity contribution in [1.29, 1.82) is 0 Å². The van der Waals surface area contributed by atoms with Crippen LogP contribution in [0.5, 0.6) is 5.75 Å². The summed E-state index contributed by atoms with van der Waals surface area (Å²) < 4.78 is 30.3. The maximum Gasteiger partial charge on any atom is 0.339 e. The van der Waals surface area contributed by atoms with E-state index in [2.05, 4.69) is 5.73 Å². The lowest BCUT2D eigenvalue weighted by molar-refractivity contribution is -0.385. The third-order valence-electron chi connectivity index (χ3n) is 4.29. The van der Waals surface area contributed by atoms with Crippen LogP contribution in [0.15, 0.2) is 52.3 Å². The number of imide groups is 1. The van der Waals surface area contributed by atoms with Gasteiger partial charge in [-0.2, -0.15) is 8.42 Å². The topological polar surface area (TPSA) is 152 Å². The molecule has 0 aromatic heterocycles. The SMILES string of the molecule is Cc1ccc([N+](=O)[O-])cc1S(=O)(=O)Oc1ccc(/C=C2/SC(=O)N(CC[NH3+])C2=O)cc1. The fourth-order valence-corrected chi connectivity index (χ4v) is 4.81. The highest BCUT2D eigenvalue weighted by Gasteiger charge is 2.34. The molecule has 1 saturated heterocycles. The van der Waals surface area contributed by atoms with Crippen LogP contribution in [0.25, 0.3) is 6.08 Å². The van der Waals surface area contributed by atoms with Crippen molar-refractivity contribution >= 4 is 44.8 Å². The molecular weight excluding hydrogens is 446 g/mol. The van der Waals surface area contributed by atoms with E-state index in [4.69, 9.17) is 4.18 Å². The summed E-state index contributed by atoms with van der Waals surface area (Å²) in [5, 5.41) is 10.6. The molecule has 10 nitrogen and oxygen atoms in total. The number of aryl methyl sites for hydroxylation is 1. The van der Waals surface area contributed by atoms with E-state index in [0.717, 1.165) is 22.7 Å². The second-order valence-corrected chi connectivity index (χ2v) is 9.01. The third-order valence-corrected chi connectivity index (χ3v) is 6.59. The number of nitrogens with zero attached hydrogens (tertiary/aromatic N) is 2. The van der Waals surface area contributed by atoms with Gasteiger partial charge in [0.15, 0.2) is 0 Å². The minimum Gasteiger partial charge on any atom is -0.379 e. The van der Waals surface area contributed by atoms with E-state index < -0.39 is 20.9 Å². The Morgan fingerprint density at radius 1 is 1.19 bits per heavy atom. The average Bonchev–Trinajstić information content (AvgIpc) is 2.97. The third kappa shape index (κ3) is 4.93. The number of carbonyl (C=O) groups excluding carboxylic acids is 2. The van der Waals surface area contributed by atoms with E-state index in [1.165, 1.54) is 49.4 Å². The van der Waals surface area contributed by atoms with Crippen molar-refractivity contribution in [1.82, 2.24) is 4.90 Å². The lowest BCUT2D eigenvalue weighted by atomic mass is 10.2. The van der Waals surface area contributed by atoms with Crippen LogP contribution in [-0.2, 0) is 14.9 Å². The van der Waals surface area contributed by atoms with Gasteiger partial charge in [0.1, 0.15) is 10.6 Å². The first-order valence-electron chi connectivity index (χ1n) is 8.96. The number of nitro benzene ring substituents is 1. The minimum absolute atomic E-state index is 0.00628. The molecule has 2 amide bonds. The second kappa shape index (κ2) is 8.88. The Kier molecular flexibility index (Phi) is 6.43. The van der Waals surface area contributed by atoms with Crippen molar-refractivity contribution in [2.75, 3.05) is 13.1 Å². The number of carbonyl (C=O) groups is 2. The van der Waals surface area contributed by atoms with Gasteiger partial charge in [0, 0.05) is 12.1 Å². The molecule has 2 aromatic rings. The molecule has 0 bridgehead atoms. The van der Waals surface area contributed by atoms with Gasteiger partial charge in [-0.1, -0.05) is 18.2 Å². The quantitative estimate of drug-likeness (QED) is 0.282. The van der Waals surface area contributed by atoms with Crippen LogP contribution in [0.2, 0.25) is 0 Å². The number of non-ortho nitro benzene ring substituents is 1. The molecule has 12 heteroatoms. The molecule has 2 aromatic carbocycles. The van der Waals surface area contributed by atoms with Crippen molar-refractivity contribution in [3.8, 4) is 5.75 Å². The summed E-state index contributed by atoms with van der Waals surface area (Å²) in [5.41, 5.74) is 4.14. The lowest BCUT2D eigenvalue weighted by Gasteiger charge is -2.09. The number of hydrogen-bond acceptors (Lipinski definition) is 8. The highest BCUT2D eigenvalue weighted by atomic mass is 32.2. The van der Waals surface area contributed by atoms with Gasteiger partial charge < -0.3 is 9.92 Å². The first-order valence-corrected chi connectivity index (χ1v) is 11.2. The maximum absolute atomic E-state index is 12.6. The van der Waals surface area contributed by atoms with Gasteiger partial charge in [-0.3, -0.25) is 24.6 Å². The standard InChI is InChI=1S/C19H17N3O7S2/c1-12-2-5-14(22(25)26)11-17(12)31(27,28)29-15-6-3-13(4-7-15)10-16-18(23)21(9-8-20)19(24)30-16/h2-7,10-11H,8-9,20H2,1H3/p+1/b16-10+. The van der Waals surface area contributed by atoms with E-state index in [1.807, 2.05) is 0 Å². The Morgan fingerprint density at radius 3 is 2.48 bits per heavy atom.